The molecule has 172 valence electrons. The zero-order valence-electron chi connectivity index (χ0n) is 18.6. The lowest BCUT2D eigenvalue weighted by Gasteiger charge is -2.21. The van der Waals surface area contributed by atoms with E-state index in [1.165, 1.54) is 6.07 Å². The second-order valence-corrected chi connectivity index (χ2v) is 7.80. The third kappa shape index (κ3) is 5.19. The van der Waals surface area contributed by atoms with Crippen LogP contribution in [0.1, 0.15) is 21.5 Å². The molecule has 0 aromatic heterocycles. The monoisotopic (exact) mass is 463 g/mol. The van der Waals surface area contributed by atoms with E-state index in [0.29, 0.717) is 11.5 Å². The van der Waals surface area contributed by atoms with Crippen molar-refractivity contribution < 1.29 is 14.6 Å². The maximum absolute atomic E-state index is 11.1. The van der Waals surface area contributed by atoms with Crippen molar-refractivity contribution in [1.29, 1.82) is 10.5 Å². The van der Waals surface area contributed by atoms with E-state index in [4.69, 9.17) is 15.6 Å². The van der Waals surface area contributed by atoms with Crippen LogP contribution in [-0.4, -0.2) is 23.0 Å². The molecule has 0 radical (unpaired) electrons. The smallest absolute Gasteiger partial charge is 0.335 e. The Morgan fingerprint density at radius 1 is 1.09 bits per heavy atom. The van der Waals surface area contributed by atoms with E-state index in [1.54, 1.807) is 53.5 Å². The van der Waals surface area contributed by atoms with E-state index in [-0.39, 0.29) is 17.7 Å². The number of ether oxygens (including phenoxy) is 1. The van der Waals surface area contributed by atoms with Crippen LogP contribution < -0.4 is 15.5 Å². The van der Waals surface area contributed by atoms with Crippen LogP contribution in [0.3, 0.4) is 0 Å². The average molecular weight is 463 g/mol. The van der Waals surface area contributed by atoms with E-state index >= 15 is 0 Å². The molecule has 0 unspecified atom stereocenters. The fraction of sp³-hybridized carbons (Fsp3) is 0.111. The van der Waals surface area contributed by atoms with E-state index in [0.717, 1.165) is 16.8 Å². The molecule has 0 fully saturated rings. The Labute approximate surface area is 202 Å². The molecule has 2 atom stereocenters. The summed E-state index contributed by atoms with van der Waals surface area (Å²) in [7, 11) is 0. The number of nitrogens with zero attached hydrogens (tertiary/aromatic N) is 4. The quantitative estimate of drug-likeness (QED) is 0.502. The molecular weight excluding hydrogens is 442 g/mol. The number of aromatic carboxylic acids is 1. The van der Waals surface area contributed by atoms with E-state index in [2.05, 4.69) is 17.2 Å². The molecule has 0 saturated carbocycles. The number of hydrogen-bond acceptors (Lipinski definition) is 7. The van der Waals surface area contributed by atoms with Crippen molar-refractivity contribution in [3.63, 3.8) is 0 Å². The van der Waals surface area contributed by atoms with Crippen LogP contribution in [0.4, 0.5) is 5.69 Å². The fourth-order valence-electron chi connectivity index (χ4n) is 3.67. The molecule has 0 aliphatic carbocycles. The van der Waals surface area contributed by atoms with Crippen molar-refractivity contribution in [2.75, 3.05) is 5.01 Å². The maximum atomic E-state index is 11.1. The lowest BCUT2D eigenvalue weighted by atomic mass is 9.95. The maximum Gasteiger partial charge on any atom is 0.335 e. The SMILES string of the molecule is N#C/C(=C/c1ccc(OCc2cccc(C(=O)O)c2)cc1)C1=NN(c2ccccc2)[C@@H](N)[C@@H]1C#N. The van der Waals surface area contributed by atoms with Crippen molar-refractivity contribution in [2.45, 2.75) is 12.8 Å². The molecule has 3 N–H and O–H groups in total. The Morgan fingerprint density at radius 2 is 1.83 bits per heavy atom. The van der Waals surface area contributed by atoms with Crippen LogP contribution in [0.25, 0.3) is 6.08 Å². The highest BCUT2D eigenvalue weighted by Gasteiger charge is 2.37. The number of nitrogens with two attached hydrogens (primary N) is 1. The van der Waals surface area contributed by atoms with Crippen molar-refractivity contribution in [3.8, 4) is 17.9 Å². The minimum atomic E-state index is -0.991. The van der Waals surface area contributed by atoms with E-state index < -0.39 is 18.1 Å². The summed E-state index contributed by atoms with van der Waals surface area (Å²) in [6.45, 7) is 0.216. The van der Waals surface area contributed by atoms with Gasteiger partial charge in [-0.1, -0.05) is 42.5 Å². The second-order valence-electron chi connectivity index (χ2n) is 7.80. The molecule has 3 aromatic rings. The standard InChI is InChI=1S/C27H21N5O3/c28-15-21(25-24(16-29)26(30)32(31-25)22-7-2-1-3-8-22)13-18-9-11-23(12-10-18)35-17-19-5-4-6-20(14-19)27(33)34/h1-14,24,26H,17,30H2,(H,33,34)/b21-13-/t24-,26-/m1/s1. The summed E-state index contributed by atoms with van der Waals surface area (Å²) in [5.41, 5.74) is 9.26. The van der Waals surface area contributed by atoms with E-state index in [9.17, 15) is 15.3 Å². The highest BCUT2D eigenvalue weighted by molar-refractivity contribution is 6.11. The summed E-state index contributed by atoms with van der Waals surface area (Å²) in [4.78, 5) is 11.1. The summed E-state index contributed by atoms with van der Waals surface area (Å²) in [5.74, 6) is -1.16. The lowest BCUT2D eigenvalue weighted by molar-refractivity contribution is 0.0696. The third-order valence-corrected chi connectivity index (χ3v) is 5.46. The number of anilines is 1. The summed E-state index contributed by atoms with van der Waals surface area (Å²) in [6, 6.07) is 27.2. The molecule has 3 aromatic carbocycles. The van der Waals surface area contributed by atoms with Gasteiger partial charge in [0.15, 0.2) is 0 Å². The number of para-hydroxylation sites is 1. The predicted molar refractivity (Wildman–Crippen MR) is 131 cm³/mol. The van der Waals surface area contributed by atoms with Crippen molar-refractivity contribution in [1.82, 2.24) is 0 Å². The molecule has 0 spiro atoms. The average Bonchev–Trinajstić information content (AvgIpc) is 3.23. The lowest BCUT2D eigenvalue weighted by Crippen LogP contribution is -2.40. The molecule has 1 heterocycles. The first-order valence-corrected chi connectivity index (χ1v) is 10.8. The fourth-order valence-corrected chi connectivity index (χ4v) is 3.67. The number of carboxylic acids is 1. The van der Waals surface area contributed by atoms with Crippen molar-refractivity contribution in [2.24, 2.45) is 16.8 Å². The zero-order valence-corrected chi connectivity index (χ0v) is 18.6. The first-order valence-electron chi connectivity index (χ1n) is 10.8. The molecule has 0 saturated heterocycles. The van der Waals surface area contributed by atoms with Crippen molar-refractivity contribution >= 4 is 23.4 Å². The number of nitriles is 2. The molecule has 0 bridgehead atoms. The minimum Gasteiger partial charge on any atom is -0.489 e. The Kier molecular flexibility index (Phi) is 6.87. The topological polar surface area (TPSA) is 136 Å². The van der Waals surface area contributed by atoms with Crippen LogP contribution in [0.5, 0.6) is 5.75 Å². The first kappa shape index (κ1) is 23.2. The molecule has 4 rings (SSSR count). The van der Waals surface area contributed by atoms with Gasteiger partial charge in [-0.15, -0.1) is 0 Å². The highest BCUT2D eigenvalue weighted by Crippen LogP contribution is 2.29. The molecule has 35 heavy (non-hydrogen) atoms. The number of allylic oxidation sites excluding steroid dienone is 1. The molecule has 1 aliphatic rings. The summed E-state index contributed by atoms with van der Waals surface area (Å²) in [6.07, 6.45) is 0.953. The first-order chi connectivity index (χ1) is 17.0. The zero-order chi connectivity index (χ0) is 24.8. The molecule has 8 heteroatoms. The normalized spacial score (nSPS) is 17.3. The Bertz CT molecular complexity index is 1370. The summed E-state index contributed by atoms with van der Waals surface area (Å²) in [5, 5.41) is 34.7. The Balaban J connectivity index is 1.51. The van der Waals surface area contributed by atoms with E-state index in [1.807, 2.05) is 30.3 Å². The largest absolute Gasteiger partial charge is 0.489 e. The van der Waals surface area contributed by atoms with Gasteiger partial charge in [-0.25, -0.2) is 9.80 Å². The number of hydrazone groups is 1. The van der Waals surface area contributed by atoms with Gasteiger partial charge in [-0.3, -0.25) is 0 Å². The van der Waals surface area contributed by atoms with Crippen LogP contribution in [-0.2, 0) is 6.61 Å². The van der Waals surface area contributed by atoms with Gasteiger partial charge in [0.25, 0.3) is 0 Å². The Hall–Kier alpha value is -4.92. The van der Waals surface area contributed by atoms with Crippen LogP contribution in [0, 0.1) is 28.6 Å². The van der Waals surface area contributed by atoms with Gasteiger partial charge in [0, 0.05) is 0 Å². The Morgan fingerprint density at radius 3 is 2.49 bits per heavy atom. The van der Waals surface area contributed by atoms with Gasteiger partial charge in [-0.05, 0) is 53.6 Å². The van der Waals surface area contributed by atoms with Crippen LogP contribution in [0.15, 0.2) is 89.5 Å². The number of carboxylic acid groups (broad SMARTS) is 1. The van der Waals surface area contributed by atoms with Gasteiger partial charge in [0.1, 0.15) is 30.5 Å². The van der Waals surface area contributed by atoms with Gasteiger partial charge in [0.05, 0.1) is 28.6 Å². The number of benzene rings is 3. The van der Waals surface area contributed by atoms with Crippen molar-refractivity contribution in [3.05, 3.63) is 101 Å². The molecule has 0 amide bonds. The second kappa shape index (κ2) is 10.3. The molecule has 8 nitrogen and oxygen atoms in total. The van der Waals surface area contributed by atoms with Gasteiger partial charge in [0.2, 0.25) is 0 Å². The third-order valence-electron chi connectivity index (χ3n) is 5.46. The molecular formula is C27H21N5O3. The minimum absolute atomic E-state index is 0.201. The van der Waals surface area contributed by atoms with Gasteiger partial charge >= 0.3 is 5.97 Å². The highest BCUT2D eigenvalue weighted by atomic mass is 16.5. The van der Waals surface area contributed by atoms with Crippen LogP contribution >= 0.6 is 0 Å². The molecule has 1 aliphatic heterocycles. The van der Waals surface area contributed by atoms with Gasteiger partial charge < -0.3 is 15.6 Å². The van der Waals surface area contributed by atoms with Gasteiger partial charge in [-0.2, -0.15) is 15.6 Å². The number of carbonyl (C=O) groups is 1. The summed E-state index contributed by atoms with van der Waals surface area (Å²) >= 11 is 0. The van der Waals surface area contributed by atoms with Crippen LogP contribution in [0.2, 0.25) is 0 Å². The summed E-state index contributed by atoms with van der Waals surface area (Å²) < 4.78 is 5.76. The number of hydrogen-bond donors (Lipinski definition) is 2. The number of rotatable bonds is 7. The predicted octanol–water partition coefficient (Wildman–Crippen LogP) is 4.17.